The molecule has 1 heterocycles. The third kappa shape index (κ3) is 3.03. The van der Waals surface area contributed by atoms with Gasteiger partial charge in [0, 0.05) is 12.8 Å². The monoisotopic (exact) mass is 235 g/mol. The molecule has 0 aliphatic heterocycles. The molecule has 3 heteroatoms. The van der Waals surface area contributed by atoms with Crippen LogP contribution in [-0.4, -0.2) is 17.7 Å². The van der Waals surface area contributed by atoms with Crippen molar-refractivity contribution in [3.63, 3.8) is 0 Å². The summed E-state index contributed by atoms with van der Waals surface area (Å²) in [4.78, 5) is 0. The summed E-state index contributed by atoms with van der Waals surface area (Å²) in [5, 5.41) is 1.32. The van der Waals surface area contributed by atoms with Crippen molar-refractivity contribution < 1.29 is 5.01 Å². The molecule has 0 spiro atoms. The average Bonchev–Trinajstić information content (AvgIpc) is 2.78. The second kappa shape index (κ2) is 5.58. The third-order valence-corrected chi connectivity index (χ3v) is 3.80. The molecular formula is C14H25N3. The Morgan fingerprint density at radius 1 is 1.29 bits per heavy atom. The Morgan fingerprint density at radius 2 is 2.00 bits per heavy atom. The Kier molecular flexibility index (Phi) is 4.11. The lowest BCUT2D eigenvalue weighted by Crippen LogP contribution is -3.08. The summed E-state index contributed by atoms with van der Waals surface area (Å²) >= 11 is 0. The lowest BCUT2D eigenvalue weighted by molar-refractivity contribution is -0.866. The molecule has 1 N–H and O–H groups in total. The van der Waals surface area contributed by atoms with Crippen LogP contribution in [0.4, 0.5) is 5.82 Å². The predicted octanol–water partition coefficient (Wildman–Crippen LogP) is 2.84. The Balaban J connectivity index is 1.97. The molecule has 1 atom stereocenters. The van der Waals surface area contributed by atoms with Crippen LogP contribution in [0, 0.1) is 0 Å². The molecule has 1 aliphatic carbocycles. The number of quaternary nitrogens is 1. The second-order valence-corrected chi connectivity index (χ2v) is 5.46. The van der Waals surface area contributed by atoms with E-state index in [1.807, 2.05) is 0 Å². The third-order valence-electron chi connectivity index (χ3n) is 3.80. The minimum absolute atomic E-state index is 0.489. The average molecular weight is 235 g/mol. The van der Waals surface area contributed by atoms with E-state index in [9.17, 15) is 0 Å². The summed E-state index contributed by atoms with van der Waals surface area (Å²) in [5.74, 6) is 1.11. The van der Waals surface area contributed by atoms with Crippen molar-refractivity contribution in [2.24, 2.45) is 0 Å². The molecule has 0 bridgehead atoms. The van der Waals surface area contributed by atoms with Crippen LogP contribution in [0.3, 0.4) is 0 Å². The van der Waals surface area contributed by atoms with Crippen molar-refractivity contribution in [3.8, 4) is 0 Å². The number of hydrogen-bond donors (Lipinski definition) is 1. The number of nitrogens with one attached hydrogen (secondary N) is 1. The van der Waals surface area contributed by atoms with E-state index in [1.165, 1.54) is 37.1 Å². The Bertz CT molecular complexity index is 337. The van der Waals surface area contributed by atoms with E-state index in [2.05, 4.69) is 43.8 Å². The van der Waals surface area contributed by atoms with Crippen molar-refractivity contribution in [3.05, 3.63) is 23.8 Å². The fraction of sp³-hybridized carbons (Fsp3) is 0.714. The zero-order valence-corrected chi connectivity index (χ0v) is 11.3. The van der Waals surface area contributed by atoms with Crippen LogP contribution < -0.4 is 5.01 Å². The molecule has 3 nitrogen and oxygen atoms in total. The Morgan fingerprint density at radius 3 is 2.65 bits per heavy atom. The van der Waals surface area contributed by atoms with Crippen molar-refractivity contribution in [2.45, 2.75) is 58.0 Å². The number of nitrogens with zero attached hydrogens (tertiary/aromatic N) is 2. The standard InChI is InChI=1S/C14H25N3/c1-12(2)17-11-7-10-14(17)15-16(3)13-8-5-4-6-9-13/h7,10-13,16H,4-6,8-9H2,1-3H3. The number of hydrogen-bond acceptors (Lipinski definition) is 0. The topological polar surface area (TPSA) is 23.5 Å². The number of rotatable bonds is 4. The van der Waals surface area contributed by atoms with Crippen molar-refractivity contribution in [1.29, 1.82) is 0 Å². The first-order valence-electron chi connectivity index (χ1n) is 6.90. The van der Waals surface area contributed by atoms with E-state index in [0.717, 1.165) is 11.9 Å². The molecule has 96 valence electrons. The molecule has 1 saturated carbocycles. The molecule has 0 aromatic carbocycles. The maximum absolute atomic E-state index is 4.84. The largest absolute Gasteiger partial charge is 0.443 e. The highest BCUT2D eigenvalue weighted by Gasteiger charge is 2.19. The SMILES string of the molecule is CC(C)n1cccc1[N-][NH+](C)C1CCCCC1. The van der Waals surface area contributed by atoms with E-state index in [-0.39, 0.29) is 0 Å². The van der Waals surface area contributed by atoms with E-state index in [4.69, 9.17) is 5.43 Å². The molecule has 0 amide bonds. The Labute approximate surface area is 105 Å². The van der Waals surface area contributed by atoms with Gasteiger partial charge in [-0.25, -0.2) is 0 Å². The smallest absolute Gasteiger partial charge is 0.0964 e. The van der Waals surface area contributed by atoms with Crippen molar-refractivity contribution in [1.82, 2.24) is 4.57 Å². The normalized spacial score (nSPS) is 19.5. The van der Waals surface area contributed by atoms with E-state index < -0.39 is 0 Å². The van der Waals surface area contributed by atoms with Gasteiger partial charge in [0.1, 0.15) is 0 Å². The van der Waals surface area contributed by atoms with Gasteiger partial charge in [-0.2, -0.15) is 0 Å². The first-order valence-corrected chi connectivity index (χ1v) is 6.90. The molecule has 1 aromatic rings. The van der Waals surface area contributed by atoms with Gasteiger partial charge in [-0.05, 0) is 24.7 Å². The molecule has 0 radical (unpaired) electrons. The molecule has 1 aliphatic rings. The number of aromatic nitrogens is 1. The molecule has 1 unspecified atom stereocenters. The van der Waals surface area contributed by atoms with Crippen molar-refractivity contribution in [2.75, 3.05) is 7.05 Å². The van der Waals surface area contributed by atoms with Gasteiger partial charge in [-0.3, -0.25) is 10.4 Å². The van der Waals surface area contributed by atoms with Crippen LogP contribution in [0.2, 0.25) is 0 Å². The summed E-state index contributed by atoms with van der Waals surface area (Å²) in [6.07, 6.45) is 8.95. The Hall–Kier alpha value is -0.960. The van der Waals surface area contributed by atoms with Crippen molar-refractivity contribution >= 4 is 5.82 Å². The van der Waals surface area contributed by atoms with E-state index >= 15 is 0 Å². The van der Waals surface area contributed by atoms with E-state index in [1.54, 1.807) is 0 Å². The minimum Gasteiger partial charge on any atom is -0.443 e. The summed E-state index contributed by atoms with van der Waals surface area (Å²) in [6.45, 7) is 4.41. The van der Waals surface area contributed by atoms with Gasteiger partial charge in [0.05, 0.1) is 13.1 Å². The summed E-state index contributed by atoms with van der Waals surface area (Å²) in [6, 6.07) is 5.42. The van der Waals surface area contributed by atoms with Gasteiger partial charge in [-0.15, -0.1) is 0 Å². The maximum atomic E-state index is 4.84. The van der Waals surface area contributed by atoms with Crippen LogP contribution in [0.25, 0.3) is 5.43 Å². The predicted molar refractivity (Wildman–Crippen MR) is 71.6 cm³/mol. The fourth-order valence-electron chi connectivity index (χ4n) is 2.71. The van der Waals surface area contributed by atoms with Crippen LogP contribution in [0.1, 0.15) is 52.0 Å². The summed E-state index contributed by atoms with van der Waals surface area (Å²) in [7, 11) is 2.20. The lowest BCUT2D eigenvalue weighted by Gasteiger charge is -2.33. The van der Waals surface area contributed by atoms with Crippen LogP contribution in [0.5, 0.6) is 0 Å². The molecule has 1 aromatic heterocycles. The highest BCUT2D eigenvalue weighted by Crippen LogP contribution is 2.21. The molecule has 1 fully saturated rings. The highest BCUT2D eigenvalue weighted by molar-refractivity contribution is 5.38. The first kappa shape index (κ1) is 12.5. The van der Waals surface area contributed by atoms with Crippen LogP contribution in [-0.2, 0) is 0 Å². The van der Waals surface area contributed by atoms with Gasteiger partial charge in [0.25, 0.3) is 0 Å². The first-order chi connectivity index (χ1) is 8.18. The van der Waals surface area contributed by atoms with Gasteiger partial charge < -0.3 is 4.57 Å². The van der Waals surface area contributed by atoms with Crippen LogP contribution in [0.15, 0.2) is 18.3 Å². The second-order valence-electron chi connectivity index (χ2n) is 5.46. The minimum atomic E-state index is 0.489. The van der Waals surface area contributed by atoms with Gasteiger partial charge in [0.15, 0.2) is 0 Å². The van der Waals surface area contributed by atoms with E-state index in [0.29, 0.717) is 6.04 Å². The zero-order chi connectivity index (χ0) is 12.3. The summed E-state index contributed by atoms with van der Waals surface area (Å²) in [5.41, 5.74) is 4.84. The molecule has 0 saturated heterocycles. The highest BCUT2D eigenvalue weighted by atomic mass is 15.5. The van der Waals surface area contributed by atoms with Gasteiger partial charge in [0.2, 0.25) is 0 Å². The quantitative estimate of drug-likeness (QED) is 0.776. The van der Waals surface area contributed by atoms with Gasteiger partial charge >= 0.3 is 0 Å². The van der Waals surface area contributed by atoms with Crippen LogP contribution >= 0.6 is 0 Å². The zero-order valence-electron chi connectivity index (χ0n) is 11.3. The molecule has 17 heavy (non-hydrogen) atoms. The molecule has 2 rings (SSSR count). The fourth-order valence-corrected chi connectivity index (χ4v) is 2.71. The lowest BCUT2D eigenvalue weighted by atomic mass is 9.95. The molecular weight excluding hydrogens is 210 g/mol. The van der Waals surface area contributed by atoms with Gasteiger partial charge in [-0.1, -0.05) is 38.6 Å². The summed E-state index contributed by atoms with van der Waals surface area (Å²) < 4.78 is 2.24. The maximum Gasteiger partial charge on any atom is 0.0964 e.